The Morgan fingerprint density at radius 2 is 1.84 bits per heavy atom. The van der Waals surface area contributed by atoms with Crippen LogP contribution in [0.25, 0.3) is 10.8 Å². The predicted octanol–water partition coefficient (Wildman–Crippen LogP) is 4.03. The number of ether oxygens (including phenoxy) is 1. The fraction of sp³-hybridized carbons (Fsp3) is 0.0556. The van der Waals surface area contributed by atoms with E-state index in [0.29, 0.717) is 22.0 Å². The molecular formula is C18H12ClN3O3. The monoisotopic (exact) mass is 353 g/mol. The van der Waals surface area contributed by atoms with Crippen molar-refractivity contribution in [2.24, 2.45) is 10.3 Å². The largest absolute Gasteiger partial charge is 0.477 e. The van der Waals surface area contributed by atoms with Gasteiger partial charge in [0.05, 0.1) is 5.69 Å². The van der Waals surface area contributed by atoms with Gasteiger partial charge in [-0.25, -0.2) is 0 Å². The third-order valence-electron chi connectivity index (χ3n) is 4.06. The number of fused-ring (bicyclic) bond motifs is 2. The molecule has 0 spiro atoms. The van der Waals surface area contributed by atoms with Gasteiger partial charge in [-0.1, -0.05) is 40.1 Å². The zero-order valence-corrected chi connectivity index (χ0v) is 13.6. The van der Waals surface area contributed by atoms with Crippen LogP contribution >= 0.6 is 11.6 Å². The number of hydrogen-bond acceptors (Lipinski definition) is 6. The standard InChI is InChI=1S/C18H12ClN3O3/c19-12-6-5-10-8-14(20-9-11(10)7-12)18-17(22-24)16(21-23)13-3-1-2-4-15(13)25-18/h1-9,18,23-24H. The number of rotatable bonds is 1. The minimum atomic E-state index is -0.800. The summed E-state index contributed by atoms with van der Waals surface area (Å²) in [6.07, 6.45) is 0.872. The van der Waals surface area contributed by atoms with Gasteiger partial charge in [-0.05, 0) is 35.7 Å². The van der Waals surface area contributed by atoms with Gasteiger partial charge in [-0.3, -0.25) is 4.98 Å². The third kappa shape index (κ3) is 2.56. The van der Waals surface area contributed by atoms with Gasteiger partial charge in [0, 0.05) is 22.2 Å². The van der Waals surface area contributed by atoms with Crippen molar-refractivity contribution in [1.82, 2.24) is 4.98 Å². The van der Waals surface area contributed by atoms with Crippen molar-refractivity contribution < 1.29 is 15.2 Å². The van der Waals surface area contributed by atoms with Crippen LogP contribution in [0, 0.1) is 0 Å². The zero-order chi connectivity index (χ0) is 17.4. The molecule has 1 aromatic heterocycles. The quantitative estimate of drug-likeness (QED) is 0.510. The normalized spacial score (nSPS) is 19.8. The first-order chi connectivity index (χ1) is 12.2. The minimum absolute atomic E-state index is 0.0852. The summed E-state index contributed by atoms with van der Waals surface area (Å²) in [7, 11) is 0. The van der Waals surface area contributed by atoms with E-state index >= 15 is 0 Å². The highest BCUT2D eigenvalue weighted by atomic mass is 35.5. The summed E-state index contributed by atoms with van der Waals surface area (Å²) in [5.41, 5.74) is 1.30. The van der Waals surface area contributed by atoms with Crippen LogP contribution in [0.1, 0.15) is 17.4 Å². The van der Waals surface area contributed by atoms with E-state index in [1.807, 2.05) is 24.3 Å². The van der Waals surface area contributed by atoms with E-state index in [-0.39, 0.29) is 11.4 Å². The summed E-state index contributed by atoms with van der Waals surface area (Å²) >= 11 is 6.00. The Balaban J connectivity index is 1.86. The Labute approximate surface area is 147 Å². The van der Waals surface area contributed by atoms with Crippen LogP contribution in [0.5, 0.6) is 5.75 Å². The molecule has 0 amide bonds. The molecule has 0 fully saturated rings. The van der Waals surface area contributed by atoms with E-state index in [0.717, 1.165) is 10.8 Å². The van der Waals surface area contributed by atoms with Crippen molar-refractivity contribution >= 4 is 33.8 Å². The molecule has 6 nitrogen and oxygen atoms in total. The SMILES string of the molecule is ON=C1C(=NO)C(c2cc3ccc(Cl)cc3cn2)Oc2ccccc21. The number of hydrogen-bond donors (Lipinski definition) is 2. The average Bonchev–Trinajstić information content (AvgIpc) is 2.65. The molecule has 0 saturated carbocycles. The second-order valence-electron chi connectivity index (χ2n) is 5.53. The van der Waals surface area contributed by atoms with Gasteiger partial charge in [-0.2, -0.15) is 0 Å². The second-order valence-corrected chi connectivity index (χ2v) is 5.96. The lowest BCUT2D eigenvalue weighted by molar-refractivity contribution is 0.249. The van der Waals surface area contributed by atoms with Crippen molar-refractivity contribution in [2.45, 2.75) is 6.10 Å². The molecular weight excluding hydrogens is 342 g/mol. The lowest BCUT2D eigenvalue weighted by Gasteiger charge is -2.26. The van der Waals surface area contributed by atoms with Crippen molar-refractivity contribution in [3.8, 4) is 5.75 Å². The molecule has 0 saturated heterocycles. The van der Waals surface area contributed by atoms with Crippen molar-refractivity contribution in [3.05, 3.63) is 71.0 Å². The minimum Gasteiger partial charge on any atom is -0.477 e. The molecule has 25 heavy (non-hydrogen) atoms. The number of para-hydroxylation sites is 1. The van der Waals surface area contributed by atoms with Crippen molar-refractivity contribution in [1.29, 1.82) is 0 Å². The molecule has 1 aliphatic heterocycles. The molecule has 124 valence electrons. The summed E-state index contributed by atoms with van der Waals surface area (Å²) < 4.78 is 5.95. The number of benzene rings is 2. The van der Waals surface area contributed by atoms with E-state index < -0.39 is 6.10 Å². The van der Waals surface area contributed by atoms with Crippen molar-refractivity contribution in [3.63, 3.8) is 0 Å². The van der Waals surface area contributed by atoms with E-state index in [4.69, 9.17) is 16.3 Å². The maximum atomic E-state index is 9.47. The lowest BCUT2D eigenvalue weighted by Crippen LogP contribution is -2.33. The van der Waals surface area contributed by atoms with Gasteiger partial charge in [-0.15, -0.1) is 0 Å². The second kappa shape index (κ2) is 6.07. The molecule has 0 aliphatic carbocycles. The number of oxime groups is 2. The van der Waals surface area contributed by atoms with Gasteiger partial charge < -0.3 is 15.2 Å². The predicted molar refractivity (Wildman–Crippen MR) is 94.1 cm³/mol. The number of nitrogens with zero attached hydrogens (tertiary/aromatic N) is 3. The highest BCUT2D eigenvalue weighted by molar-refractivity contribution is 6.50. The molecule has 4 rings (SSSR count). The van der Waals surface area contributed by atoms with E-state index in [9.17, 15) is 10.4 Å². The Morgan fingerprint density at radius 3 is 2.64 bits per heavy atom. The van der Waals surface area contributed by atoms with Gasteiger partial charge >= 0.3 is 0 Å². The first kappa shape index (κ1) is 15.4. The molecule has 1 aliphatic rings. The Kier molecular flexibility index (Phi) is 3.74. The average molecular weight is 354 g/mol. The molecule has 3 aromatic rings. The summed E-state index contributed by atoms with van der Waals surface area (Å²) in [6, 6.07) is 14.4. The highest BCUT2D eigenvalue weighted by Gasteiger charge is 2.35. The fourth-order valence-corrected chi connectivity index (χ4v) is 3.07. The molecule has 2 heterocycles. The fourth-order valence-electron chi connectivity index (χ4n) is 2.89. The first-order valence-electron chi connectivity index (χ1n) is 7.47. The van der Waals surface area contributed by atoms with Crippen LogP contribution in [0.3, 0.4) is 0 Å². The molecule has 1 atom stereocenters. The van der Waals surface area contributed by atoms with Gasteiger partial charge in [0.1, 0.15) is 11.5 Å². The van der Waals surface area contributed by atoms with Crippen LogP contribution in [-0.2, 0) is 0 Å². The van der Waals surface area contributed by atoms with Crippen LogP contribution in [0.15, 0.2) is 65.0 Å². The van der Waals surface area contributed by atoms with E-state index in [1.54, 1.807) is 30.5 Å². The van der Waals surface area contributed by atoms with Crippen LogP contribution < -0.4 is 4.74 Å². The Bertz CT molecular complexity index is 1030. The van der Waals surface area contributed by atoms with Crippen LogP contribution in [-0.4, -0.2) is 26.8 Å². The maximum Gasteiger partial charge on any atom is 0.188 e. The highest BCUT2D eigenvalue weighted by Crippen LogP contribution is 2.34. The third-order valence-corrected chi connectivity index (χ3v) is 4.29. The maximum absolute atomic E-state index is 9.47. The first-order valence-corrected chi connectivity index (χ1v) is 7.84. The van der Waals surface area contributed by atoms with Gasteiger partial charge in [0.15, 0.2) is 11.8 Å². The summed E-state index contributed by atoms with van der Waals surface area (Å²) in [4.78, 5) is 4.40. The lowest BCUT2D eigenvalue weighted by atomic mass is 9.95. The van der Waals surface area contributed by atoms with Crippen LogP contribution in [0.2, 0.25) is 5.02 Å². The van der Waals surface area contributed by atoms with Crippen molar-refractivity contribution in [2.75, 3.05) is 0 Å². The summed E-state index contributed by atoms with van der Waals surface area (Å²) in [5.74, 6) is 0.519. The van der Waals surface area contributed by atoms with Gasteiger partial charge in [0.2, 0.25) is 0 Å². The Morgan fingerprint density at radius 1 is 1.00 bits per heavy atom. The summed E-state index contributed by atoms with van der Waals surface area (Å²) in [6.45, 7) is 0. The zero-order valence-electron chi connectivity index (χ0n) is 12.8. The van der Waals surface area contributed by atoms with Crippen LogP contribution in [0.4, 0.5) is 0 Å². The number of halogens is 1. The van der Waals surface area contributed by atoms with Gasteiger partial charge in [0.25, 0.3) is 0 Å². The molecule has 2 aromatic carbocycles. The smallest absolute Gasteiger partial charge is 0.188 e. The Hall–Kier alpha value is -3.12. The molecule has 2 N–H and O–H groups in total. The summed E-state index contributed by atoms with van der Waals surface area (Å²) in [5, 5.41) is 27.9. The number of pyridine rings is 1. The van der Waals surface area contributed by atoms with E-state index in [2.05, 4.69) is 15.3 Å². The number of aromatic nitrogens is 1. The van der Waals surface area contributed by atoms with E-state index in [1.165, 1.54) is 0 Å². The molecule has 0 bridgehead atoms. The molecule has 1 unspecified atom stereocenters. The molecule has 7 heteroatoms. The molecule has 0 radical (unpaired) electrons. The topological polar surface area (TPSA) is 87.3 Å².